The predicted molar refractivity (Wildman–Crippen MR) is 113 cm³/mol. The van der Waals surface area contributed by atoms with Crippen molar-refractivity contribution in [1.82, 2.24) is 20.0 Å². The number of benzene rings is 1. The van der Waals surface area contributed by atoms with Gasteiger partial charge in [-0.25, -0.2) is 0 Å². The maximum absolute atomic E-state index is 12.6. The first kappa shape index (κ1) is 21.1. The standard InChI is InChI=1S/C23H32N4O2/c1-18-16-19(2)27(25-18)15-7-13-24-23(29)21-11-12-22(28)26(17-21)14-6-10-20-8-4-3-5-9-20/h3-5,8-9,16,21H,6-7,10-15,17H2,1-2H3,(H,24,29)/t21-/m1/s1. The smallest absolute Gasteiger partial charge is 0.224 e. The Hall–Kier alpha value is -2.63. The van der Waals surface area contributed by atoms with Crippen LogP contribution in [0.5, 0.6) is 0 Å². The number of carbonyl (C=O) groups is 2. The fraction of sp³-hybridized carbons (Fsp3) is 0.522. The average Bonchev–Trinajstić information content (AvgIpc) is 3.04. The second kappa shape index (κ2) is 10.2. The summed E-state index contributed by atoms with van der Waals surface area (Å²) in [6, 6.07) is 12.4. The van der Waals surface area contributed by atoms with Gasteiger partial charge in [-0.3, -0.25) is 14.3 Å². The number of carbonyl (C=O) groups excluding carboxylic acids is 2. The van der Waals surface area contributed by atoms with Gasteiger partial charge in [-0.2, -0.15) is 5.10 Å². The zero-order valence-electron chi connectivity index (χ0n) is 17.6. The third-order valence-electron chi connectivity index (χ3n) is 5.56. The lowest BCUT2D eigenvalue weighted by Gasteiger charge is -2.32. The van der Waals surface area contributed by atoms with E-state index in [1.807, 2.05) is 41.6 Å². The van der Waals surface area contributed by atoms with E-state index in [-0.39, 0.29) is 17.7 Å². The summed E-state index contributed by atoms with van der Waals surface area (Å²) in [5.74, 6) is 0.142. The van der Waals surface area contributed by atoms with E-state index < -0.39 is 0 Å². The lowest BCUT2D eigenvalue weighted by Crippen LogP contribution is -2.46. The van der Waals surface area contributed by atoms with Crippen molar-refractivity contribution in [3.05, 3.63) is 53.3 Å². The van der Waals surface area contributed by atoms with Gasteiger partial charge in [0.2, 0.25) is 11.8 Å². The molecule has 1 aromatic heterocycles. The van der Waals surface area contributed by atoms with Crippen molar-refractivity contribution in [3.63, 3.8) is 0 Å². The van der Waals surface area contributed by atoms with Crippen LogP contribution in [0, 0.1) is 19.8 Å². The number of piperidine rings is 1. The lowest BCUT2D eigenvalue weighted by atomic mass is 9.96. The average molecular weight is 397 g/mol. The summed E-state index contributed by atoms with van der Waals surface area (Å²) >= 11 is 0. The number of likely N-dealkylation sites (tertiary alicyclic amines) is 1. The minimum Gasteiger partial charge on any atom is -0.356 e. The minimum absolute atomic E-state index is 0.0685. The molecule has 0 saturated carbocycles. The number of hydrogen-bond acceptors (Lipinski definition) is 3. The van der Waals surface area contributed by atoms with E-state index in [1.165, 1.54) is 5.56 Å². The number of amides is 2. The highest BCUT2D eigenvalue weighted by Gasteiger charge is 2.29. The molecule has 1 N–H and O–H groups in total. The molecular formula is C23H32N4O2. The Morgan fingerprint density at radius 1 is 1.17 bits per heavy atom. The molecule has 0 spiro atoms. The van der Waals surface area contributed by atoms with Gasteiger partial charge in [0, 0.05) is 38.3 Å². The highest BCUT2D eigenvalue weighted by atomic mass is 16.2. The summed E-state index contributed by atoms with van der Waals surface area (Å²) in [7, 11) is 0. The van der Waals surface area contributed by atoms with Crippen molar-refractivity contribution in [2.75, 3.05) is 19.6 Å². The van der Waals surface area contributed by atoms with Crippen LogP contribution in [-0.4, -0.2) is 46.1 Å². The summed E-state index contributed by atoms with van der Waals surface area (Å²) in [6.45, 7) is 6.72. The van der Waals surface area contributed by atoms with E-state index in [4.69, 9.17) is 0 Å². The van der Waals surface area contributed by atoms with Crippen LogP contribution in [0.4, 0.5) is 0 Å². The number of aryl methyl sites for hydroxylation is 4. The number of rotatable bonds is 9. The van der Waals surface area contributed by atoms with Crippen molar-refractivity contribution in [2.45, 2.75) is 52.5 Å². The number of hydrogen-bond donors (Lipinski definition) is 1. The van der Waals surface area contributed by atoms with E-state index >= 15 is 0 Å². The molecule has 6 heteroatoms. The quantitative estimate of drug-likeness (QED) is 0.663. The Labute approximate surface area is 173 Å². The van der Waals surface area contributed by atoms with Gasteiger partial charge in [-0.05, 0) is 51.2 Å². The van der Waals surface area contributed by atoms with Crippen LogP contribution in [0.15, 0.2) is 36.4 Å². The molecule has 1 aliphatic heterocycles. The van der Waals surface area contributed by atoms with Crippen LogP contribution in [0.2, 0.25) is 0 Å². The number of nitrogens with one attached hydrogen (secondary N) is 1. The molecule has 2 amide bonds. The molecule has 1 fully saturated rings. The van der Waals surface area contributed by atoms with Crippen LogP contribution in [0.25, 0.3) is 0 Å². The summed E-state index contributed by atoms with van der Waals surface area (Å²) in [6.07, 6.45) is 3.84. The van der Waals surface area contributed by atoms with E-state index in [9.17, 15) is 9.59 Å². The van der Waals surface area contributed by atoms with E-state index in [0.717, 1.165) is 43.7 Å². The molecule has 0 radical (unpaired) electrons. The fourth-order valence-corrected chi connectivity index (χ4v) is 3.95. The molecule has 0 unspecified atom stereocenters. The zero-order chi connectivity index (χ0) is 20.6. The molecule has 1 aliphatic rings. The van der Waals surface area contributed by atoms with Crippen molar-refractivity contribution in [1.29, 1.82) is 0 Å². The maximum Gasteiger partial charge on any atom is 0.224 e. The Bertz CT molecular complexity index is 816. The van der Waals surface area contributed by atoms with Crippen molar-refractivity contribution in [3.8, 4) is 0 Å². The van der Waals surface area contributed by atoms with Crippen molar-refractivity contribution in [2.24, 2.45) is 5.92 Å². The second-order valence-corrected chi connectivity index (χ2v) is 7.96. The van der Waals surface area contributed by atoms with Gasteiger partial charge in [0.15, 0.2) is 0 Å². The van der Waals surface area contributed by atoms with Gasteiger partial charge in [0.25, 0.3) is 0 Å². The Morgan fingerprint density at radius 3 is 2.69 bits per heavy atom. The van der Waals surface area contributed by atoms with Gasteiger partial charge in [-0.1, -0.05) is 30.3 Å². The molecule has 2 heterocycles. The second-order valence-electron chi connectivity index (χ2n) is 7.96. The summed E-state index contributed by atoms with van der Waals surface area (Å²) in [5.41, 5.74) is 3.45. The molecule has 1 atom stereocenters. The summed E-state index contributed by atoms with van der Waals surface area (Å²) in [4.78, 5) is 26.7. The van der Waals surface area contributed by atoms with Crippen molar-refractivity contribution >= 4 is 11.8 Å². The van der Waals surface area contributed by atoms with Gasteiger partial charge >= 0.3 is 0 Å². The summed E-state index contributed by atoms with van der Waals surface area (Å²) < 4.78 is 1.98. The first-order chi connectivity index (χ1) is 14.0. The molecule has 2 aromatic rings. The van der Waals surface area contributed by atoms with Crippen LogP contribution in [0.1, 0.15) is 42.6 Å². The van der Waals surface area contributed by atoms with Crippen LogP contribution in [-0.2, 0) is 22.6 Å². The lowest BCUT2D eigenvalue weighted by molar-refractivity contribution is -0.138. The maximum atomic E-state index is 12.6. The van der Waals surface area contributed by atoms with Crippen molar-refractivity contribution < 1.29 is 9.59 Å². The molecule has 29 heavy (non-hydrogen) atoms. The van der Waals surface area contributed by atoms with Crippen LogP contribution < -0.4 is 5.32 Å². The third kappa shape index (κ3) is 6.17. The van der Waals surface area contributed by atoms with E-state index in [2.05, 4.69) is 28.6 Å². The van der Waals surface area contributed by atoms with Crippen LogP contribution in [0.3, 0.4) is 0 Å². The predicted octanol–water partition coefficient (Wildman–Crippen LogP) is 2.88. The largest absolute Gasteiger partial charge is 0.356 e. The SMILES string of the molecule is Cc1cc(C)n(CCCNC(=O)[C@@H]2CCC(=O)N(CCCc3ccccc3)C2)n1. The first-order valence-corrected chi connectivity index (χ1v) is 10.6. The highest BCUT2D eigenvalue weighted by molar-refractivity contribution is 5.83. The summed E-state index contributed by atoms with van der Waals surface area (Å²) in [5, 5.41) is 7.49. The molecule has 1 saturated heterocycles. The Morgan fingerprint density at radius 2 is 1.97 bits per heavy atom. The molecular weight excluding hydrogens is 364 g/mol. The van der Waals surface area contributed by atoms with Crippen LogP contribution >= 0.6 is 0 Å². The Balaban J connectivity index is 1.38. The van der Waals surface area contributed by atoms with Gasteiger partial charge in [-0.15, -0.1) is 0 Å². The monoisotopic (exact) mass is 396 g/mol. The molecule has 1 aromatic carbocycles. The molecule has 156 valence electrons. The zero-order valence-corrected chi connectivity index (χ0v) is 17.6. The molecule has 0 bridgehead atoms. The number of nitrogens with zero attached hydrogens (tertiary/aromatic N) is 3. The first-order valence-electron chi connectivity index (χ1n) is 10.6. The third-order valence-corrected chi connectivity index (χ3v) is 5.56. The topological polar surface area (TPSA) is 67.2 Å². The highest BCUT2D eigenvalue weighted by Crippen LogP contribution is 2.18. The number of aromatic nitrogens is 2. The van der Waals surface area contributed by atoms with E-state index in [1.54, 1.807) is 0 Å². The van der Waals surface area contributed by atoms with Gasteiger partial charge < -0.3 is 10.2 Å². The van der Waals surface area contributed by atoms with E-state index in [0.29, 0.717) is 25.9 Å². The normalized spacial score (nSPS) is 16.8. The Kier molecular flexibility index (Phi) is 7.44. The minimum atomic E-state index is -0.0990. The van der Waals surface area contributed by atoms with Gasteiger partial charge in [0.05, 0.1) is 11.6 Å². The molecule has 0 aliphatic carbocycles. The van der Waals surface area contributed by atoms with Gasteiger partial charge in [0.1, 0.15) is 0 Å². The molecule has 3 rings (SSSR count). The fourth-order valence-electron chi connectivity index (χ4n) is 3.95. The molecule has 6 nitrogen and oxygen atoms in total.